The second-order valence-corrected chi connectivity index (χ2v) is 6.18. The number of hydrogen-bond acceptors (Lipinski definition) is 5. The lowest BCUT2D eigenvalue weighted by Crippen LogP contribution is -2.14. The largest absolute Gasteiger partial charge is 0.360 e. The van der Waals surface area contributed by atoms with Crippen molar-refractivity contribution in [2.45, 2.75) is 20.8 Å². The highest BCUT2D eigenvalue weighted by atomic mass is 35.5. The molecule has 0 bridgehead atoms. The number of aryl methyl sites for hydroxylation is 3. The van der Waals surface area contributed by atoms with Gasteiger partial charge >= 0.3 is 0 Å². The molecule has 2 aromatic heterocycles. The molecule has 0 spiro atoms. The van der Waals surface area contributed by atoms with Gasteiger partial charge in [0.2, 0.25) is 0 Å². The van der Waals surface area contributed by atoms with Crippen LogP contribution in [0.2, 0.25) is 5.02 Å². The molecule has 6 nitrogen and oxygen atoms in total. The first-order valence-corrected chi connectivity index (χ1v) is 8.04. The van der Waals surface area contributed by atoms with E-state index in [0.29, 0.717) is 33.7 Å². The fourth-order valence-corrected chi connectivity index (χ4v) is 2.82. The summed E-state index contributed by atoms with van der Waals surface area (Å²) in [7, 11) is 0. The van der Waals surface area contributed by atoms with E-state index in [0.717, 1.165) is 11.1 Å². The maximum absolute atomic E-state index is 12.6. The first-order chi connectivity index (χ1) is 11.9. The number of aromatic nitrogens is 2. The molecule has 0 aliphatic rings. The van der Waals surface area contributed by atoms with Crippen molar-refractivity contribution in [1.82, 2.24) is 10.1 Å². The molecule has 3 aromatic rings. The smallest absolute Gasteiger partial charge is 0.255 e. The topological polar surface area (TPSA) is 80.0 Å². The van der Waals surface area contributed by atoms with E-state index in [-0.39, 0.29) is 5.91 Å². The van der Waals surface area contributed by atoms with Crippen molar-refractivity contribution in [2.75, 3.05) is 10.6 Å². The summed E-state index contributed by atoms with van der Waals surface area (Å²) >= 11 is 6.25. The number of halogens is 1. The molecule has 0 saturated heterocycles. The summed E-state index contributed by atoms with van der Waals surface area (Å²) in [6.45, 7) is 5.65. The highest BCUT2D eigenvalue weighted by Gasteiger charge is 2.12. The zero-order valence-electron chi connectivity index (χ0n) is 14.1. The number of nitrogens with zero attached hydrogens (tertiary/aromatic N) is 2. The van der Waals surface area contributed by atoms with Gasteiger partial charge in [-0.05, 0) is 50.1 Å². The van der Waals surface area contributed by atoms with Gasteiger partial charge in [-0.25, -0.2) is 4.98 Å². The highest BCUT2D eigenvalue weighted by molar-refractivity contribution is 6.34. The van der Waals surface area contributed by atoms with E-state index in [1.54, 1.807) is 31.3 Å². The van der Waals surface area contributed by atoms with Gasteiger partial charge in [-0.2, -0.15) is 0 Å². The second-order valence-electron chi connectivity index (χ2n) is 5.77. The molecule has 25 heavy (non-hydrogen) atoms. The molecule has 2 N–H and O–H groups in total. The molecular weight excluding hydrogens is 340 g/mol. The lowest BCUT2D eigenvalue weighted by molar-refractivity contribution is 0.102. The van der Waals surface area contributed by atoms with Crippen LogP contribution in [0, 0.1) is 20.8 Å². The Morgan fingerprint density at radius 3 is 2.60 bits per heavy atom. The predicted molar refractivity (Wildman–Crippen MR) is 97.6 cm³/mol. The van der Waals surface area contributed by atoms with Crippen LogP contribution in [0.15, 0.2) is 41.1 Å². The van der Waals surface area contributed by atoms with Crippen molar-refractivity contribution in [3.05, 3.63) is 64.0 Å². The van der Waals surface area contributed by atoms with Gasteiger partial charge in [-0.15, -0.1) is 0 Å². The number of hydrogen-bond donors (Lipinski definition) is 2. The van der Waals surface area contributed by atoms with Crippen LogP contribution in [-0.2, 0) is 0 Å². The molecule has 0 saturated carbocycles. The highest BCUT2D eigenvalue weighted by Crippen LogP contribution is 2.28. The third-order valence-electron chi connectivity index (χ3n) is 3.58. The molecule has 0 radical (unpaired) electrons. The van der Waals surface area contributed by atoms with Gasteiger partial charge in [0.05, 0.1) is 10.7 Å². The number of carbonyl (C=O) groups excluding carboxylic acids is 1. The number of carbonyl (C=O) groups is 1. The van der Waals surface area contributed by atoms with Gasteiger partial charge in [0, 0.05) is 17.8 Å². The van der Waals surface area contributed by atoms with E-state index in [1.165, 1.54) is 0 Å². The number of nitrogens with one attached hydrogen (secondary N) is 2. The van der Waals surface area contributed by atoms with Crippen LogP contribution < -0.4 is 10.6 Å². The van der Waals surface area contributed by atoms with Crippen LogP contribution in [-0.4, -0.2) is 16.0 Å². The van der Waals surface area contributed by atoms with Gasteiger partial charge in [0.15, 0.2) is 5.82 Å². The van der Waals surface area contributed by atoms with Crippen molar-refractivity contribution in [2.24, 2.45) is 0 Å². The van der Waals surface area contributed by atoms with Gasteiger partial charge in [-0.1, -0.05) is 22.8 Å². The molecule has 7 heteroatoms. The second kappa shape index (κ2) is 6.94. The summed E-state index contributed by atoms with van der Waals surface area (Å²) in [6, 6.07) is 8.79. The monoisotopic (exact) mass is 356 g/mol. The molecule has 2 heterocycles. The van der Waals surface area contributed by atoms with Crippen molar-refractivity contribution in [1.29, 1.82) is 0 Å². The molecular formula is C18H17ClN4O2. The summed E-state index contributed by atoms with van der Waals surface area (Å²) in [5.74, 6) is 1.43. The van der Waals surface area contributed by atoms with Crippen molar-refractivity contribution < 1.29 is 9.32 Å². The van der Waals surface area contributed by atoms with Crippen LogP contribution in [0.5, 0.6) is 0 Å². The Labute approximate surface area is 150 Å². The van der Waals surface area contributed by atoms with Gasteiger partial charge < -0.3 is 15.2 Å². The molecule has 1 aromatic carbocycles. The van der Waals surface area contributed by atoms with E-state index in [1.807, 2.05) is 26.0 Å². The fourth-order valence-electron chi connectivity index (χ4n) is 2.46. The van der Waals surface area contributed by atoms with Crippen LogP contribution in [0.3, 0.4) is 0 Å². The first kappa shape index (κ1) is 17.0. The maximum Gasteiger partial charge on any atom is 0.255 e. The van der Waals surface area contributed by atoms with E-state index >= 15 is 0 Å². The maximum atomic E-state index is 12.6. The molecule has 128 valence electrons. The third kappa shape index (κ3) is 3.97. The number of pyridine rings is 1. The lowest BCUT2D eigenvalue weighted by atomic mass is 10.1. The Kier molecular flexibility index (Phi) is 4.72. The standard InChI is InChI=1S/C18H17ClN4O2/c1-10-6-11(2)17(14(19)7-10)22-18(24)13-4-5-20-15(9-13)21-16-8-12(3)25-23-16/h4-9H,1-3H3,(H,22,24)(H,20,21,23). The predicted octanol–water partition coefficient (Wildman–Crippen LogP) is 4.64. The summed E-state index contributed by atoms with van der Waals surface area (Å²) < 4.78 is 5.00. The van der Waals surface area contributed by atoms with Crippen molar-refractivity contribution in [3.8, 4) is 0 Å². The molecule has 0 fully saturated rings. The summed E-state index contributed by atoms with van der Waals surface area (Å²) in [4.78, 5) is 16.7. The van der Waals surface area contributed by atoms with E-state index in [2.05, 4.69) is 20.8 Å². The van der Waals surface area contributed by atoms with Crippen LogP contribution >= 0.6 is 11.6 Å². The SMILES string of the molecule is Cc1cc(C)c(NC(=O)c2ccnc(Nc3cc(C)on3)c2)c(Cl)c1. The Hall–Kier alpha value is -2.86. The van der Waals surface area contributed by atoms with Crippen LogP contribution in [0.4, 0.5) is 17.3 Å². The van der Waals surface area contributed by atoms with E-state index in [9.17, 15) is 4.79 Å². The first-order valence-electron chi connectivity index (χ1n) is 7.67. The number of rotatable bonds is 4. The number of amides is 1. The Bertz CT molecular complexity index is 913. The van der Waals surface area contributed by atoms with E-state index in [4.69, 9.17) is 16.1 Å². The third-order valence-corrected chi connectivity index (χ3v) is 3.87. The summed E-state index contributed by atoms with van der Waals surface area (Å²) in [5, 5.41) is 10.2. The number of benzene rings is 1. The average molecular weight is 357 g/mol. The zero-order chi connectivity index (χ0) is 18.0. The number of anilines is 3. The summed E-state index contributed by atoms with van der Waals surface area (Å²) in [6.07, 6.45) is 1.55. The van der Waals surface area contributed by atoms with Gasteiger partial charge in [0.1, 0.15) is 11.6 Å². The molecule has 0 aliphatic carbocycles. The van der Waals surface area contributed by atoms with Crippen molar-refractivity contribution in [3.63, 3.8) is 0 Å². The minimum absolute atomic E-state index is 0.268. The normalized spacial score (nSPS) is 10.6. The summed E-state index contributed by atoms with van der Waals surface area (Å²) in [5.41, 5.74) is 3.01. The Morgan fingerprint density at radius 1 is 1.12 bits per heavy atom. The Balaban J connectivity index is 1.80. The van der Waals surface area contributed by atoms with Gasteiger partial charge in [0.25, 0.3) is 5.91 Å². The molecule has 0 atom stereocenters. The minimum atomic E-state index is -0.268. The van der Waals surface area contributed by atoms with Crippen LogP contribution in [0.1, 0.15) is 27.2 Å². The molecule has 0 unspecified atom stereocenters. The zero-order valence-corrected chi connectivity index (χ0v) is 14.8. The fraction of sp³-hybridized carbons (Fsp3) is 0.167. The average Bonchev–Trinajstić information content (AvgIpc) is 2.96. The lowest BCUT2D eigenvalue weighted by Gasteiger charge is -2.12. The van der Waals surface area contributed by atoms with E-state index < -0.39 is 0 Å². The Morgan fingerprint density at radius 2 is 1.92 bits per heavy atom. The molecule has 1 amide bonds. The minimum Gasteiger partial charge on any atom is -0.360 e. The molecule has 3 rings (SSSR count). The van der Waals surface area contributed by atoms with Gasteiger partial charge in [-0.3, -0.25) is 4.79 Å². The quantitative estimate of drug-likeness (QED) is 0.711. The van der Waals surface area contributed by atoms with Crippen molar-refractivity contribution >= 4 is 34.8 Å². The van der Waals surface area contributed by atoms with Crippen LogP contribution in [0.25, 0.3) is 0 Å². The molecule has 0 aliphatic heterocycles.